The van der Waals surface area contributed by atoms with Crippen molar-refractivity contribution in [2.75, 3.05) is 32.9 Å². The quantitative estimate of drug-likeness (QED) is 0.713. The van der Waals surface area contributed by atoms with Crippen LogP contribution >= 0.6 is 0 Å². The first-order valence-electron chi connectivity index (χ1n) is 7.85. The second-order valence-electron chi connectivity index (χ2n) is 5.52. The summed E-state index contributed by atoms with van der Waals surface area (Å²) >= 11 is 0. The van der Waals surface area contributed by atoms with Gasteiger partial charge in [-0.1, -0.05) is 0 Å². The Hall–Kier alpha value is -0.650. The Morgan fingerprint density at radius 2 is 1.75 bits per heavy atom. The van der Waals surface area contributed by atoms with Gasteiger partial charge in [0.25, 0.3) is 0 Å². The summed E-state index contributed by atoms with van der Waals surface area (Å²) in [5.41, 5.74) is 0. The first-order chi connectivity index (χ1) is 9.72. The van der Waals surface area contributed by atoms with Crippen LogP contribution in [0.15, 0.2) is 0 Å². The molecule has 2 rings (SSSR count). The van der Waals surface area contributed by atoms with E-state index < -0.39 is 0 Å². The van der Waals surface area contributed by atoms with Crippen LogP contribution in [0.2, 0.25) is 0 Å². The van der Waals surface area contributed by atoms with Gasteiger partial charge in [-0.3, -0.25) is 4.79 Å². The van der Waals surface area contributed by atoms with Gasteiger partial charge in [0, 0.05) is 26.3 Å². The highest BCUT2D eigenvalue weighted by Crippen LogP contribution is 2.29. The van der Waals surface area contributed by atoms with Crippen LogP contribution in [0.3, 0.4) is 0 Å². The Labute approximate surface area is 121 Å². The Kier molecular flexibility index (Phi) is 6.26. The van der Waals surface area contributed by atoms with E-state index in [0.717, 1.165) is 45.4 Å². The summed E-state index contributed by atoms with van der Waals surface area (Å²) < 4.78 is 16.8. The number of hydrogen-bond donors (Lipinski definition) is 0. The highest BCUT2D eigenvalue weighted by atomic mass is 16.5. The molecule has 116 valence electrons. The second-order valence-corrected chi connectivity index (χ2v) is 5.52. The van der Waals surface area contributed by atoms with Crippen molar-refractivity contribution in [3.05, 3.63) is 0 Å². The predicted molar refractivity (Wildman–Crippen MR) is 75.6 cm³/mol. The third-order valence-corrected chi connectivity index (χ3v) is 4.06. The normalized spacial score (nSPS) is 27.4. The number of piperidine rings is 1. The van der Waals surface area contributed by atoms with Crippen LogP contribution in [0.1, 0.15) is 39.5 Å². The lowest BCUT2D eigenvalue weighted by Crippen LogP contribution is -2.45. The average molecular weight is 285 g/mol. The maximum atomic E-state index is 11.8. The molecule has 5 nitrogen and oxygen atoms in total. The van der Waals surface area contributed by atoms with Gasteiger partial charge in [-0.05, 0) is 39.5 Å². The minimum atomic E-state index is 0.102. The molecule has 1 saturated heterocycles. The van der Waals surface area contributed by atoms with Crippen molar-refractivity contribution in [1.29, 1.82) is 0 Å². The zero-order valence-corrected chi connectivity index (χ0v) is 12.7. The highest BCUT2D eigenvalue weighted by molar-refractivity contribution is 5.77. The van der Waals surface area contributed by atoms with Crippen molar-refractivity contribution in [1.82, 2.24) is 4.90 Å². The molecule has 20 heavy (non-hydrogen) atoms. The third kappa shape index (κ3) is 4.43. The van der Waals surface area contributed by atoms with Crippen molar-refractivity contribution < 1.29 is 19.0 Å². The van der Waals surface area contributed by atoms with Crippen molar-refractivity contribution >= 4 is 5.91 Å². The van der Waals surface area contributed by atoms with Gasteiger partial charge < -0.3 is 19.1 Å². The van der Waals surface area contributed by atoms with Crippen LogP contribution in [0, 0.1) is 0 Å². The number of amides is 1. The standard InChI is InChI=1S/C15H27NO4/c1-3-18-11-15(17)16-7-5-12(6-8-16)20-14-9-13(10-14)19-4-2/h12-14H,3-11H2,1-2H3. The van der Waals surface area contributed by atoms with Gasteiger partial charge in [0.05, 0.1) is 18.3 Å². The molecule has 5 heteroatoms. The molecule has 0 aromatic carbocycles. The van der Waals surface area contributed by atoms with Crippen LogP contribution in [-0.2, 0) is 19.0 Å². The largest absolute Gasteiger partial charge is 0.378 e. The molecule has 0 N–H and O–H groups in total. The topological polar surface area (TPSA) is 48.0 Å². The Balaban J connectivity index is 1.59. The first-order valence-corrected chi connectivity index (χ1v) is 7.85. The van der Waals surface area contributed by atoms with Crippen molar-refractivity contribution in [3.8, 4) is 0 Å². The molecule has 0 unspecified atom stereocenters. The molecular formula is C15H27NO4. The smallest absolute Gasteiger partial charge is 0.248 e. The number of ether oxygens (including phenoxy) is 3. The molecule has 0 aromatic heterocycles. The number of carbonyl (C=O) groups excluding carboxylic acids is 1. The van der Waals surface area contributed by atoms with Gasteiger partial charge >= 0.3 is 0 Å². The Morgan fingerprint density at radius 1 is 1.05 bits per heavy atom. The summed E-state index contributed by atoms with van der Waals surface area (Å²) in [4.78, 5) is 13.7. The third-order valence-electron chi connectivity index (χ3n) is 4.06. The summed E-state index contributed by atoms with van der Waals surface area (Å²) in [5, 5.41) is 0. The maximum Gasteiger partial charge on any atom is 0.248 e. The number of likely N-dealkylation sites (tertiary alicyclic amines) is 1. The minimum Gasteiger partial charge on any atom is -0.378 e. The molecule has 1 amide bonds. The molecule has 0 aromatic rings. The number of hydrogen-bond acceptors (Lipinski definition) is 4. The van der Waals surface area contributed by atoms with E-state index in [1.165, 1.54) is 0 Å². The SMILES string of the molecule is CCOCC(=O)N1CCC(OC2CC(OCC)C2)CC1. The molecule has 0 atom stereocenters. The van der Waals surface area contributed by atoms with E-state index >= 15 is 0 Å². The van der Waals surface area contributed by atoms with E-state index in [-0.39, 0.29) is 12.5 Å². The first kappa shape index (κ1) is 15.7. The number of rotatable bonds is 7. The molecule has 1 aliphatic carbocycles. The van der Waals surface area contributed by atoms with Gasteiger partial charge in [-0.15, -0.1) is 0 Å². The summed E-state index contributed by atoms with van der Waals surface area (Å²) in [6, 6.07) is 0. The van der Waals surface area contributed by atoms with Gasteiger partial charge in [0.1, 0.15) is 6.61 Å². The van der Waals surface area contributed by atoms with Gasteiger partial charge in [-0.25, -0.2) is 0 Å². The summed E-state index contributed by atoms with van der Waals surface area (Å²) in [7, 11) is 0. The van der Waals surface area contributed by atoms with E-state index in [1.54, 1.807) is 0 Å². The molecule has 2 fully saturated rings. The number of carbonyl (C=O) groups is 1. The fraction of sp³-hybridized carbons (Fsp3) is 0.933. The highest BCUT2D eigenvalue weighted by Gasteiger charge is 2.33. The van der Waals surface area contributed by atoms with E-state index in [1.807, 2.05) is 18.7 Å². The molecule has 0 spiro atoms. The molecule has 0 radical (unpaired) electrons. The van der Waals surface area contributed by atoms with Crippen LogP contribution in [-0.4, -0.2) is 62.0 Å². The molecular weight excluding hydrogens is 258 g/mol. The lowest BCUT2D eigenvalue weighted by Gasteiger charge is -2.39. The lowest BCUT2D eigenvalue weighted by molar-refractivity contribution is -0.146. The Bertz CT molecular complexity index is 296. The molecule has 2 aliphatic rings. The van der Waals surface area contributed by atoms with Crippen molar-refractivity contribution in [2.45, 2.75) is 57.8 Å². The summed E-state index contributed by atoms with van der Waals surface area (Å²) in [6.07, 6.45) is 4.99. The summed E-state index contributed by atoms with van der Waals surface area (Å²) in [5.74, 6) is 0.102. The van der Waals surface area contributed by atoms with Crippen molar-refractivity contribution in [3.63, 3.8) is 0 Å². The minimum absolute atomic E-state index is 0.102. The van der Waals surface area contributed by atoms with Gasteiger partial charge in [0.2, 0.25) is 5.91 Å². The molecule has 1 heterocycles. The average Bonchev–Trinajstić information content (AvgIpc) is 2.43. The van der Waals surface area contributed by atoms with Gasteiger partial charge in [-0.2, -0.15) is 0 Å². The molecule has 1 aliphatic heterocycles. The van der Waals surface area contributed by atoms with Crippen LogP contribution in [0.5, 0.6) is 0 Å². The van der Waals surface area contributed by atoms with Gasteiger partial charge in [0.15, 0.2) is 0 Å². The zero-order valence-electron chi connectivity index (χ0n) is 12.7. The number of nitrogens with zero attached hydrogens (tertiary/aromatic N) is 1. The zero-order chi connectivity index (χ0) is 14.4. The molecule has 1 saturated carbocycles. The lowest BCUT2D eigenvalue weighted by atomic mass is 9.91. The monoisotopic (exact) mass is 285 g/mol. The van der Waals surface area contributed by atoms with E-state index in [2.05, 4.69) is 0 Å². The maximum absolute atomic E-state index is 11.8. The van der Waals surface area contributed by atoms with Crippen molar-refractivity contribution in [2.24, 2.45) is 0 Å². The fourth-order valence-corrected chi connectivity index (χ4v) is 2.79. The van der Waals surface area contributed by atoms with Crippen LogP contribution in [0.25, 0.3) is 0 Å². The predicted octanol–water partition coefficient (Wildman–Crippen LogP) is 1.60. The van der Waals surface area contributed by atoms with Crippen LogP contribution in [0.4, 0.5) is 0 Å². The Morgan fingerprint density at radius 3 is 2.35 bits per heavy atom. The van der Waals surface area contributed by atoms with E-state index in [4.69, 9.17) is 14.2 Å². The van der Waals surface area contributed by atoms with E-state index in [0.29, 0.717) is 24.9 Å². The van der Waals surface area contributed by atoms with E-state index in [9.17, 15) is 4.79 Å². The fourth-order valence-electron chi connectivity index (χ4n) is 2.79. The van der Waals surface area contributed by atoms with Crippen LogP contribution < -0.4 is 0 Å². The second kappa shape index (κ2) is 7.96. The molecule has 0 bridgehead atoms. The summed E-state index contributed by atoms with van der Waals surface area (Å²) in [6.45, 7) is 7.10.